The molecule has 1 saturated carbocycles. The predicted octanol–water partition coefficient (Wildman–Crippen LogP) is 4.85. The van der Waals surface area contributed by atoms with Crippen LogP contribution in [0.15, 0.2) is 54.7 Å². The lowest BCUT2D eigenvalue weighted by molar-refractivity contribution is -0.131. The number of ether oxygens (including phenoxy) is 1. The molecule has 2 aliphatic rings. The maximum absolute atomic E-state index is 15.6. The molecule has 0 spiro atoms. The molecule has 1 aliphatic carbocycles. The Balaban J connectivity index is 1.34. The largest absolute Gasteiger partial charge is 0.384 e. The summed E-state index contributed by atoms with van der Waals surface area (Å²) in [6.07, 6.45) is 7.32. The van der Waals surface area contributed by atoms with Crippen LogP contribution in [-0.2, 0) is 19.1 Å². The molecule has 246 valence electrons. The van der Waals surface area contributed by atoms with Crippen LogP contribution < -0.4 is 27.0 Å². The van der Waals surface area contributed by atoms with Gasteiger partial charge in [-0.15, -0.1) is 0 Å². The molecule has 0 radical (unpaired) electrons. The van der Waals surface area contributed by atoms with Gasteiger partial charge in [-0.1, -0.05) is 12.2 Å². The van der Waals surface area contributed by atoms with Crippen LogP contribution in [0.1, 0.15) is 55.7 Å². The van der Waals surface area contributed by atoms with Crippen LogP contribution in [0.5, 0.6) is 0 Å². The minimum Gasteiger partial charge on any atom is -0.384 e. The Morgan fingerprint density at radius 3 is 2.47 bits per heavy atom. The van der Waals surface area contributed by atoms with E-state index in [1.807, 2.05) is 19.1 Å². The average molecular weight is 646 g/mol. The fraction of sp³-hybridized carbons (Fsp3) is 0.324. The minimum atomic E-state index is -1.32. The van der Waals surface area contributed by atoms with Crippen molar-refractivity contribution in [2.24, 2.45) is 5.41 Å². The van der Waals surface area contributed by atoms with Crippen molar-refractivity contribution >= 4 is 52.4 Å². The summed E-state index contributed by atoms with van der Waals surface area (Å²) in [6.45, 7) is 3.05. The normalized spacial score (nSPS) is 18.6. The second-order valence-corrected chi connectivity index (χ2v) is 11.7. The zero-order chi connectivity index (χ0) is 33.6. The van der Waals surface area contributed by atoms with Gasteiger partial charge in [0, 0.05) is 47.7 Å². The number of nitrogens with one attached hydrogen (secondary N) is 5. The molecule has 0 unspecified atom stereocenters. The van der Waals surface area contributed by atoms with Gasteiger partial charge in [0.1, 0.15) is 22.9 Å². The number of fused-ring (bicyclic) bond motifs is 1. The highest BCUT2D eigenvalue weighted by Crippen LogP contribution is 2.47. The Hall–Kier alpha value is -5.17. The number of carbonyl (C=O) groups is 3. The molecule has 2 aromatic carbocycles. The molecular formula is C34H37F2N7O4. The number of nitrogens with zero attached hydrogens (tertiary/aromatic N) is 1. The number of hydrogen-bond donors (Lipinski definition) is 6. The van der Waals surface area contributed by atoms with Crippen LogP contribution in [0.3, 0.4) is 0 Å². The van der Waals surface area contributed by atoms with Gasteiger partial charge in [0.15, 0.2) is 0 Å². The molecule has 2 heterocycles. The third-order valence-electron chi connectivity index (χ3n) is 8.09. The van der Waals surface area contributed by atoms with Gasteiger partial charge in [0.05, 0.1) is 30.2 Å². The number of carbonyl (C=O) groups excluding carboxylic acids is 3. The van der Waals surface area contributed by atoms with Gasteiger partial charge in [-0.05, 0) is 75.1 Å². The van der Waals surface area contributed by atoms with E-state index in [1.54, 1.807) is 6.20 Å². The molecule has 3 amide bonds. The molecular weight excluding hydrogens is 608 g/mol. The fourth-order valence-corrected chi connectivity index (χ4v) is 5.22. The number of pyridine rings is 1. The lowest BCUT2D eigenvalue weighted by Gasteiger charge is -2.20. The summed E-state index contributed by atoms with van der Waals surface area (Å²) >= 11 is 0. The van der Waals surface area contributed by atoms with Gasteiger partial charge in [-0.3, -0.25) is 19.8 Å². The van der Waals surface area contributed by atoms with Crippen molar-refractivity contribution in [3.63, 3.8) is 0 Å². The summed E-state index contributed by atoms with van der Waals surface area (Å²) in [5, 5.41) is 20.5. The molecule has 0 saturated heterocycles. The minimum absolute atomic E-state index is 0.0249. The number of anilines is 4. The van der Waals surface area contributed by atoms with Crippen LogP contribution in [0, 0.1) is 22.5 Å². The Bertz CT molecular complexity index is 1710. The van der Waals surface area contributed by atoms with E-state index in [1.165, 1.54) is 36.4 Å². The van der Waals surface area contributed by atoms with Crippen molar-refractivity contribution in [3.8, 4) is 0 Å². The monoisotopic (exact) mass is 645 g/mol. The van der Waals surface area contributed by atoms with Gasteiger partial charge in [-0.2, -0.15) is 0 Å². The van der Waals surface area contributed by atoms with Crippen molar-refractivity contribution in [2.45, 2.75) is 45.1 Å². The summed E-state index contributed by atoms with van der Waals surface area (Å²) in [5.41, 5.74) is 6.46. The Kier molecular flexibility index (Phi) is 10.2. The average Bonchev–Trinajstić information content (AvgIpc) is 3.85. The number of benzene rings is 2. The zero-order valence-electron chi connectivity index (χ0n) is 25.9. The van der Waals surface area contributed by atoms with Crippen molar-refractivity contribution in [1.29, 1.82) is 5.41 Å². The first-order valence-electron chi connectivity index (χ1n) is 15.4. The molecule has 1 atom stereocenters. The number of aromatic nitrogens is 1. The van der Waals surface area contributed by atoms with Gasteiger partial charge >= 0.3 is 0 Å². The van der Waals surface area contributed by atoms with Crippen molar-refractivity contribution in [1.82, 2.24) is 10.3 Å². The maximum atomic E-state index is 15.6. The maximum Gasteiger partial charge on any atom is 0.240 e. The van der Waals surface area contributed by atoms with E-state index >= 15 is 4.39 Å². The Morgan fingerprint density at radius 1 is 1.06 bits per heavy atom. The fourth-order valence-electron chi connectivity index (χ4n) is 5.22. The highest BCUT2D eigenvalue weighted by Gasteiger charge is 2.56. The number of amides is 3. The quantitative estimate of drug-likeness (QED) is 0.164. The zero-order valence-corrected chi connectivity index (χ0v) is 25.9. The van der Waals surface area contributed by atoms with E-state index in [4.69, 9.17) is 15.9 Å². The van der Waals surface area contributed by atoms with Gasteiger partial charge in [0.2, 0.25) is 17.7 Å². The lowest BCUT2D eigenvalue weighted by Crippen LogP contribution is -2.35. The number of rotatable bonds is 6. The molecule has 13 heteroatoms. The Labute approximate surface area is 270 Å². The summed E-state index contributed by atoms with van der Waals surface area (Å²) in [7, 11) is 0. The first-order chi connectivity index (χ1) is 22.6. The van der Waals surface area contributed by atoms with Crippen LogP contribution in [0.4, 0.5) is 31.7 Å². The summed E-state index contributed by atoms with van der Waals surface area (Å²) in [5.74, 6) is -2.44. The highest BCUT2D eigenvalue weighted by atomic mass is 19.1. The number of nitrogen functional groups attached to an aromatic ring is 1. The topological polar surface area (TPSA) is 171 Å². The molecule has 11 nitrogen and oxygen atoms in total. The molecule has 1 fully saturated rings. The molecule has 47 heavy (non-hydrogen) atoms. The third-order valence-corrected chi connectivity index (χ3v) is 8.09. The van der Waals surface area contributed by atoms with E-state index in [9.17, 15) is 18.8 Å². The molecule has 3 aromatic rings. The molecule has 0 bridgehead atoms. The van der Waals surface area contributed by atoms with Crippen molar-refractivity contribution in [3.05, 3.63) is 83.1 Å². The van der Waals surface area contributed by atoms with Crippen LogP contribution in [-0.4, -0.2) is 54.2 Å². The van der Waals surface area contributed by atoms with Crippen LogP contribution in [0.2, 0.25) is 0 Å². The second kappa shape index (κ2) is 14.5. The Morgan fingerprint density at radius 2 is 1.77 bits per heavy atom. The highest BCUT2D eigenvalue weighted by molar-refractivity contribution is 6.18. The molecule has 5 rings (SSSR count). The second-order valence-electron chi connectivity index (χ2n) is 11.7. The number of nitrogens with two attached hydrogens (primary N) is 1. The van der Waals surface area contributed by atoms with Gasteiger partial charge in [-0.25, -0.2) is 13.8 Å². The van der Waals surface area contributed by atoms with E-state index in [-0.39, 0.29) is 46.7 Å². The van der Waals surface area contributed by atoms with Crippen molar-refractivity contribution < 1.29 is 27.9 Å². The molecule has 7 N–H and O–H groups in total. The third kappa shape index (κ3) is 7.98. The van der Waals surface area contributed by atoms with Gasteiger partial charge < -0.3 is 31.7 Å². The summed E-state index contributed by atoms with van der Waals surface area (Å²) in [4.78, 5) is 42.5. The van der Waals surface area contributed by atoms with E-state index < -0.39 is 28.9 Å². The van der Waals surface area contributed by atoms with Crippen LogP contribution >= 0.6 is 0 Å². The first kappa shape index (κ1) is 33.2. The van der Waals surface area contributed by atoms with E-state index in [2.05, 4.69) is 26.3 Å². The standard InChI is InChI=1S/C34H37F2N7O4/c1-20-11-15-39-30-21(4-2-3-16-47-17-12-27(44)41-20)19-40-31(38)28(30)29(37)25-10-9-24(18-26(25)36)43-33(46)34(13-14-34)32(45)42-23-7-5-22(35)6-8-23/h2,4-10,18-20,37,39H,3,11-17H2,1H3,(H2,38,40)(H,41,44)(H,42,45)(H,43,46)/b4-2+,37-29?/t20-/m1/s1. The summed E-state index contributed by atoms with van der Waals surface area (Å²) in [6, 6.07) is 8.96. The lowest BCUT2D eigenvalue weighted by atomic mass is 9.97. The van der Waals surface area contributed by atoms with Crippen LogP contribution in [0.25, 0.3) is 6.08 Å². The van der Waals surface area contributed by atoms with Gasteiger partial charge in [0.25, 0.3) is 0 Å². The smallest absolute Gasteiger partial charge is 0.240 e. The summed E-state index contributed by atoms with van der Waals surface area (Å²) < 4.78 is 34.4. The predicted molar refractivity (Wildman–Crippen MR) is 176 cm³/mol. The van der Waals surface area contributed by atoms with Crippen molar-refractivity contribution in [2.75, 3.05) is 41.4 Å². The number of hydrogen-bond acceptors (Lipinski definition) is 8. The first-order valence-corrected chi connectivity index (χ1v) is 15.4. The number of halogens is 2. The van der Waals surface area contributed by atoms with E-state index in [0.717, 1.165) is 6.07 Å². The SMILES string of the molecule is C[C@@H]1CCNc2c(cnc(N)c2C(=N)c2ccc(NC(=O)C3(C(=O)Nc4ccc(F)cc4)CC3)cc2F)/C=C/CCOCCC(=O)N1. The molecule has 1 aliphatic heterocycles. The van der Waals surface area contributed by atoms with E-state index in [0.29, 0.717) is 62.4 Å². The molecule has 1 aromatic heterocycles.